The van der Waals surface area contributed by atoms with E-state index < -0.39 is 0 Å². The van der Waals surface area contributed by atoms with Crippen LogP contribution >= 0.6 is 23.8 Å². The van der Waals surface area contributed by atoms with Gasteiger partial charge < -0.3 is 0 Å². The molecule has 28 heavy (non-hydrogen) atoms. The van der Waals surface area contributed by atoms with Gasteiger partial charge in [-0.1, -0.05) is 148 Å². The second kappa shape index (κ2) is 8.67. The Morgan fingerprint density at radius 2 is 0.393 bits per heavy atom. The highest BCUT2D eigenvalue weighted by Crippen LogP contribution is 2.87. The minimum atomic E-state index is -0.184. The van der Waals surface area contributed by atoms with Gasteiger partial charge >= 0.3 is 0 Å². The lowest BCUT2D eigenvalue weighted by molar-refractivity contribution is 0.676. The maximum absolute atomic E-state index is 2.54. The predicted molar refractivity (Wildman–Crippen MR) is 143 cm³/mol. The van der Waals surface area contributed by atoms with Gasteiger partial charge in [0, 0.05) is 5.14 Å². The first-order chi connectivity index (χ1) is 11.7. The minimum Gasteiger partial charge on any atom is -0.0835 e. The van der Waals surface area contributed by atoms with Crippen LogP contribution in [0.15, 0.2) is 0 Å². The van der Waals surface area contributed by atoms with Crippen LogP contribution in [0.4, 0.5) is 0 Å². The molecule has 0 aliphatic carbocycles. The molecule has 0 spiro atoms. The van der Waals surface area contributed by atoms with E-state index in [9.17, 15) is 0 Å². The van der Waals surface area contributed by atoms with Crippen LogP contribution in [-0.4, -0.2) is 36.1 Å². The molecule has 3 heteroatoms. The highest BCUT2D eigenvalue weighted by molar-refractivity contribution is 7.93. The van der Waals surface area contributed by atoms with Gasteiger partial charge in [0.05, 0.1) is 0 Å². The highest BCUT2D eigenvalue weighted by atomic mass is 31.2. The van der Waals surface area contributed by atoms with Crippen molar-refractivity contribution in [2.75, 3.05) is 0 Å². The van der Waals surface area contributed by atoms with Crippen LogP contribution in [0, 0.1) is 0 Å². The van der Waals surface area contributed by atoms with Crippen LogP contribution in [0.1, 0.15) is 125 Å². The molecule has 0 saturated carbocycles. The van der Waals surface area contributed by atoms with Crippen LogP contribution in [0.25, 0.3) is 0 Å². The van der Waals surface area contributed by atoms with Crippen molar-refractivity contribution in [1.29, 1.82) is 0 Å². The minimum absolute atomic E-state index is 0.184. The normalized spacial score (nSPS) is 16.1. The number of rotatable bonds is 3. The summed E-state index contributed by atoms with van der Waals surface area (Å²) in [5.41, 5.74) is 0. The second-order valence-corrected chi connectivity index (χ2v) is 27.5. The lowest BCUT2D eigenvalue weighted by Crippen LogP contribution is -2.41. The maximum atomic E-state index is 2.54. The van der Waals surface area contributed by atoms with E-state index in [2.05, 4.69) is 125 Å². The molecule has 0 unspecified atom stereocenters. The summed E-state index contributed by atoms with van der Waals surface area (Å²) in [5.74, 6) is 0. The van der Waals surface area contributed by atoms with Crippen molar-refractivity contribution in [3.63, 3.8) is 0 Å². The molecule has 0 nitrogen and oxygen atoms in total. The summed E-state index contributed by atoms with van der Waals surface area (Å²) in [6, 6.07) is 0. The van der Waals surface area contributed by atoms with Gasteiger partial charge in [-0.2, -0.15) is 0 Å². The van der Waals surface area contributed by atoms with Crippen molar-refractivity contribution < 1.29 is 0 Å². The lowest BCUT2D eigenvalue weighted by atomic mass is 10.2. The van der Waals surface area contributed by atoms with Gasteiger partial charge in [-0.3, -0.25) is 0 Å². The van der Waals surface area contributed by atoms with Crippen molar-refractivity contribution >= 4 is 23.8 Å². The molecule has 0 fully saturated rings. The van der Waals surface area contributed by atoms with Crippen molar-refractivity contribution in [3.8, 4) is 0 Å². The quantitative estimate of drug-likeness (QED) is 0.377. The molecule has 0 amide bonds. The third-order valence-electron chi connectivity index (χ3n) is 5.03. The second-order valence-electron chi connectivity index (χ2n) is 14.5. The molecule has 0 N–H and O–H groups in total. The van der Waals surface area contributed by atoms with Gasteiger partial charge in [-0.05, 0) is 30.9 Å². The third-order valence-corrected chi connectivity index (χ3v) is 19.2. The molecule has 0 atom stereocenters. The summed E-state index contributed by atoms with van der Waals surface area (Å²) < 4.78 is 0. The topological polar surface area (TPSA) is 0 Å². The average molecular weight is 449 g/mol. The first kappa shape index (κ1) is 29.3. The fourth-order valence-corrected chi connectivity index (χ4v) is 30.9. The Morgan fingerprint density at radius 3 is 0.464 bits per heavy atom. The smallest absolute Gasteiger partial charge is 0.0222 e. The van der Waals surface area contributed by atoms with E-state index in [4.69, 9.17) is 0 Å². The fourth-order valence-electron chi connectivity index (χ4n) is 5.44. The average Bonchev–Trinajstić information content (AvgIpc) is 2.13. The van der Waals surface area contributed by atoms with E-state index in [0.717, 1.165) is 5.14 Å². The molecule has 0 saturated heterocycles. The molecule has 0 aromatic rings. The SMILES string of the molecule is CC(C)(C)P(C(P(C(C)(C)C)C(C)(C)C)P(C(C)(C)C)C(C)(C)C)C(C)(C)C. The van der Waals surface area contributed by atoms with E-state index in [0.29, 0.717) is 30.9 Å². The first-order valence-electron chi connectivity index (χ1n) is 11.1. The fraction of sp³-hybridized carbons (Fsp3) is 1.00. The van der Waals surface area contributed by atoms with Gasteiger partial charge in [-0.25, -0.2) is 0 Å². The van der Waals surface area contributed by atoms with Crippen LogP contribution in [0.2, 0.25) is 0 Å². The molecular weight excluding hydrogens is 393 g/mol. The third kappa shape index (κ3) is 7.76. The van der Waals surface area contributed by atoms with E-state index in [1.54, 1.807) is 0 Å². The van der Waals surface area contributed by atoms with Crippen LogP contribution in [0.5, 0.6) is 0 Å². The Labute approximate surface area is 184 Å². The summed E-state index contributed by atoms with van der Waals surface area (Å²) in [6.45, 7) is 45.7. The van der Waals surface area contributed by atoms with Gasteiger partial charge in [-0.15, -0.1) is 0 Å². The van der Waals surface area contributed by atoms with Gasteiger partial charge in [0.15, 0.2) is 0 Å². The molecule has 0 aromatic heterocycles. The first-order valence-corrected chi connectivity index (χ1v) is 15.3. The summed E-state index contributed by atoms with van der Waals surface area (Å²) in [4.78, 5) is 0. The molecule has 0 rings (SSSR count). The molecular formula is C25H55P3. The standard InChI is InChI=1S/C25H55P3/c1-20(2,3)26(21(4,5)6)19(27(22(7,8)9)23(10,11)12)28(24(13,14)15)25(16,17)18/h19H,1-18H3. The van der Waals surface area contributed by atoms with E-state index in [1.165, 1.54) is 0 Å². The maximum Gasteiger partial charge on any atom is 0.0222 e. The van der Waals surface area contributed by atoms with E-state index >= 15 is 0 Å². The van der Waals surface area contributed by atoms with Crippen molar-refractivity contribution in [3.05, 3.63) is 0 Å². The van der Waals surface area contributed by atoms with Crippen molar-refractivity contribution in [2.24, 2.45) is 0 Å². The van der Waals surface area contributed by atoms with Crippen molar-refractivity contribution in [2.45, 2.75) is 161 Å². The van der Waals surface area contributed by atoms with Crippen LogP contribution in [0.3, 0.4) is 0 Å². The highest BCUT2D eigenvalue weighted by Gasteiger charge is 2.56. The molecule has 0 aromatic carbocycles. The largest absolute Gasteiger partial charge is 0.0835 e. The Hall–Kier alpha value is 1.29. The van der Waals surface area contributed by atoms with E-state index in [1.807, 2.05) is 0 Å². The summed E-state index contributed by atoms with van der Waals surface area (Å²) >= 11 is 0. The molecule has 0 bridgehead atoms. The summed E-state index contributed by atoms with van der Waals surface area (Å²) in [6.07, 6.45) is 0. The van der Waals surface area contributed by atoms with Gasteiger partial charge in [0.25, 0.3) is 0 Å². The Kier molecular flexibility index (Phi) is 9.07. The molecule has 170 valence electrons. The van der Waals surface area contributed by atoms with Crippen molar-refractivity contribution in [1.82, 2.24) is 0 Å². The van der Waals surface area contributed by atoms with Crippen LogP contribution in [-0.2, 0) is 0 Å². The molecule has 0 radical (unpaired) electrons. The van der Waals surface area contributed by atoms with Gasteiger partial charge in [0.1, 0.15) is 0 Å². The predicted octanol–water partition coefficient (Wildman–Crippen LogP) is 10.5. The van der Waals surface area contributed by atoms with E-state index in [-0.39, 0.29) is 23.8 Å². The Bertz CT molecular complexity index is 375. The zero-order valence-electron chi connectivity index (χ0n) is 22.9. The zero-order valence-corrected chi connectivity index (χ0v) is 25.6. The molecule has 0 heterocycles. The Morgan fingerprint density at radius 1 is 0.286 bits per heavy atom. The lowest BCUT2D eigenvalue weighted by Gasteiger charge is -2.62. The zero-order chi connectivity index (χ0) is 23.3. The summed E-state index contributed by atoms with van der Waals surface area (Å²) in [5, 5.41) is 2.95. The molecule has 0 aliphatic heterocycles. The van der Waals surface area contributed by atoms with Gasteiger partial charge in [0.2, 0.25) is 0 Å². The monoisotopic (exact) mass is 448 g/mol. The molecule has 0 aliphatic rings. The number of hydrogen-bond acceptors (Lipinski definition) is 0. The summed E-state index contributed by atoms with van der Waals surface area (Å²) in [7, 11) is -0.553. The number of hydrogen-bond donors (Lipinski definition) is 0. The Balaban J connectivity index is 7.30. The van der Waals surface area contributed by atoms with Crippen LogP contribution < -0.4 is 0 Å².